The van der Waals surface area contributed by atoms with Crippen LogP contribution in [0.4, 0.5) is 4.79 Å². The molecule has 1 aliphatic heterocycles. The molecule has 0 bridgehead atoms. The number of carbonyl (C=O) groups is 2. The van der Waals surface area contributed by atoms with Crippen LogP contribution in [0.25, 0.3) is 5.69 Å². The van der Waals surface area contributed by atoms with Crippen molar-refractivity contribution < 1.29 is 14.7 Å². The molecule has 4 rings (SSSR count). The number of carboxylic acid groups (broad SMARTS) is 1. The minimum Gasteiger partial charge on any atom is -0.481 e. The second kappa shape index (κ2) is 6.44. The number of carbonyl (C=O) groups excluding carboxylic acids is 1. The lowest BCUT2D eigenvalue weighted by Crippen LogP contribution is -2.41. The normalized spacial score (nSPS) is 24.5. The van der Waals surface area contributed by atoms with Crippen LogP contribution >= 0.6 is 0 Å². The summed E-state index contributed by atoms with van der Waals surface area (Å²) in [5.41, 5.74) is 0.137. The lowest BCUT2D eigenvalue weighted by atomic mass is 9.81. The number of rotatable bonds is 4. The van der Waals surface area contributed by atoms with E-state index < -0.39 is 11.4 Å². The van der Waals surface area contributed by atoms with Gasteiger partial charge in [0.25, 0.3) is 0 Å². The van der Waals surface area contributed by atoms with Crippen LogP contribution in [0.3, 0.4) is 0 Å². The Bertz CT molecular complexity index is 821. The molecule has 2 amide bonds. The number of carboxylic acids is 1. The molecule has 2 fully saturated rings. The van der Waals surface area contributed by atoms with Crippen molar-refractivity contribution in [3.8, 4) is 5.69 Å². The largest absolute Gasteiger partial charge is 0.481 e. The lowest BCUT2D eigenvalue weighted by molar-refractivity contribution is -0.149. The van der Waals surface area contributed by atoms with Crippen molar-refractivity contribution in [2.75, 3.05) is 13.1 Å². The Kier molecular flexibility index (Phi) is 4.10. The van der Waals surface area contributed by atoms with Crippen molar-refractivity contribution in [2.24, 2.45) is 11.3 Å². The van der Waals surface area contributed by atoms with Gasteiger partial charge in [-0.05, 0) is 30.9 Å². The summed E-state index contributed by atoms with van der Waals surface area (Å²) in [7, 11) is 0. The molecule has 0 spiro atoms. The van der Waals surface area contributed by atoms with Gasteiger partial charge in [0.15, 0.2) is 5.82 Å². The highest BCUT2D eigenvalue weighted by atomic mass is 16.4. The van der Waals surface area contributed by atoms with Crippen molar-refractivity contribution >= 4 is 12.0 Å². The number of aromatic nitrogens is 3. The van der Waals surface area contributed by atoms with E-state index in [-0.39, 0.29) is 25.0 Å². The van der Waals surface area contributed by atoms with Gasteiger partial charge < -0.3 is 15.3 Å². The third-order valence-corrected chi connectivity index (χ3v) is 5.54. The van der Waals surface area contributed by atoms with E-state index in [1.54, 1.807) is 15.9 Å². The Morgan fingerprint density at radius 2 is 2.12 bits per heavy atom. The van der Waals surface area contributed by atoms with E-state index in [2.05, 4.69) is 15.4 Å². The average Bonchev–Trinajstić information content (AvgIpc) is 3.34. The Morgan fingerprint density at radius 3 is 2.85 bits per heavy atom. The van der Waals surface area contributed by atoms with Crippen molar-refractivity contribution in [2.45, 2.75) is 25.8 Å². The van der Waals surface area contributed by atoms with Crippen molar-refractivity contribution in [3.63, 3.8) is 0 Å². The van der Waals surface area contributed by atoms with Gasteiger partial charge in [-0.25, -0.2) is 14.5 Å². The molecule has 1 saturated carbocycles. The van der Waals surface area contributed by atoms with Crippen LogP contribution in [-0.4, -0.2) is 49.9 Å². The molecule has 8 nitrogen and oxygen atoms in total. The maximum atomic E-state index is 12.5. The number of hydrogen-bond donors (Lipinski definition) is 2. The summed E-state index contributed by atoms with van der Waals surface area (Å²) in [5.74, 6) is -0.214. The van der Waals surface area contributed by atoms with Crippen molar-refractivity contribution in [1.82, 2.24) is 25.0 Å². The molecular weight excluding hydrogens is 334 g/mol. The number of amides is 2. The molecule has 0 unspecified atom stereocenters. The van der Waals surface area contributed by atoms with Crippen LogP contribution in [0, 0.1) is 11.3 Å². The highest BCUT2D eigenvalue weighted by molar-refractivity contribution is 5.80. The number of likely N-dealkylation sites (tertiary alicyclic amines) is 1. The third kappa shape index (κ3) is 2.81. The summed E-state index contributed by atoms with van der Waals surface area (Å²) in [6.45, 7) is 0.995. The van der Waals surface area contributed by atoms with E-state index in [0.29, 0.717) is 18.8 Å². The van der Waals surface area contributed by atoms with E-state index in [1.165, 1.54) is 0 Å². The van der Waals surface area contributed by atoms with Crippen molar-refractivity contribution in [3.05, 3.63) is 42.5 Å². The first-order valence-corrected chi connectivity index (χ1v) is 8.81. The van der Waals surface area contributed by atoms with E-state index in [9.17, 15) is 14.7 Å². The third-order valence-electron chi connectivity index (χ3n) is 5.54. The number of urea groups is 1. The molecule has 2 atom stereocenters. The predicted octanol–water partition coefficient (Wildman–Crippen LogP) is 1.66. The van der Waals surface area contributed by atoms with Gasteiger partial charge >= 0.3 is 12.0 Å². The van der Waals surface area contributed by atoms with Gasteiger partial charge in [-0.3, -0.25) is 4.79 Å². The van der Waals surface area contributed by atoms with Crippen LogP contribution in [0.1, 0.15) is 25.1 Å². The first kappa shape index (κ1) is 16.6. The van der Waals surface area contributed by atoms with Crippen molar-refractivity contribution in [1.29, 1.82) is 0 Å². The van der Waals surface area contributed by atoms with Gasteiger partial charge in [0.05, 0.1) is 17.6 Å². The molecule has 2 aliphatic rings. The maximum Gasteiger partial charge on any atom is 0.317 e. The summed E-state index contributed by atoms with van der Waals surface area (Å²) in [6, 6.07) is 9.35. The molecule has 2 aromatic rings. The summed E-state index contributed by atoms with van der Waals surface area (Å²) in [6.07, 6.45) is 4.06. The molecule has 26 heavy (non-hydrogen) atoms. The van der Waals surface area contributed by atoms with Crippen LogP contribution in [0.5, 0.6) is 0 Å². The Morgan fingerprint density at radius 1 is 1.31 bits per heavy atom. The molecule has 2 heterocycles. The number of aliphatic carboxylic acids is 1. The number of benzene rings is 1. The summed E-state index contributed by atoms with van der Waals surface area (Å²) >= 11 is 0. The van der Waals surface area contributed by atoms with Crippen LogP contribution in [0.2, 0.25) is 0 Å². The topological polar surface area (TPSA) is 100 Å². The fourth-order valence-corrected chi connectivity index (χ4v) is 4.14. The number of para-hydroxylation sites is 1. The zero-order valence-corrected chi connectivity index (χ0v) is 14.3. The van der Waals surface area contributed by atoms with Crippen LogP contribution < -0.4 is 5.32 Å². The lowest BCUT2D eigenvalue weighted by Gasteiger charge is -2.23. The van der Waals surface area contributed by atoms with E-state index in [0.717, 1.165) is 18.5 Å². The number of nitrogens with one attached hydrogen (secondary N) is 1. The van der Waals surface area contributed by atoms with E-state index in [4.69, 9.17) is 0 Å². The number of hydrogen-bond acceptors (Lipinski definition) is 4. The van der Waals surface area contributed by atoms with Crippen LogP contribution in [0.15, 0.2) is 36.7 Å². The van der Waals surface area contributed by atoms with Gasteiger partial charge in [0.2, 0.25) is 0 Å². The fourth-order valence-electron chi connectivity index (χ4n) is 4.14. The zero-order chi connectivity index (χ0) is 18.1. The maximum absolute atomic E-state index is 12.5. The monoisotopic (exact) mass is 355 g/mol. The molecule has 8 heteroatoms. The molecular formula is C18H21N5O3. The minimum atomic E-state index is -0.779. The zero-order valence-electron chi connectivity index (χ0n) is 14.3. The van der Waals surface area contributed by atoms with Gasteiger partial charge in [-0.1, -0.05) is 24.6 Å². The van der Waals surface area contributed by atoms with Gasteiger partial charge in [-0.2, -0.15) is 0 Å². The molecule has 1 aromatic heterocycles. The number of nitrogens with zero attached hydrogens (tertiary/aromatic N) is 4. The SMILES string of the molecule is O=C(NCc1ncn(-c2ccccc2)n1)N1C[C@@H]2CCC[C@@]2(C(=O)O)C1. The second-order valence-electron chi connectivity index (χ2n) is 7.03. The standard InChI is InChI=1S/C18H21N5O3/c24-16(25)18-8-4-5-13(18)10-22(11-18)17(26)19-9-15-20-12-23(21-15)14-6-2-1-3-7-14/h1-3,6-7,12-13H,4-5,8-11H2,(H,19,26)(H,24,25)/t13-,18+/m0/s1. The van der Waals surface area contributed by atoms with Gasteiger partial charge in [0, 0.05) is 13.1 Å². The minimum absolute atomic E-state index is 0.0566. The molecule has 1 aliphatic carbocycles. The molecule has 0 radical (unpaired) electrons. The summed E-state index contributed by atoms with van der Waals surface area (Å²) in [4.78, 5) is 30.0. The van der Waals surface area contributed by atoms with Gasteiger partial charge in [0.1, 0.15) is 6.33 Å². The molecule has 136 valence electrons. The second-order valence-corrected chi connectivity index (χ2v) is 7.03. The first-order chi connectivity index (χ1) is 12.6. The first-order valence-electron chi connectivity index (χ1n) is 8.81. The summed E-state index contributed by atoms with van der Waals surface area (Å²) < 4.78 is 1.65. The predicted molar refractivity (Wildman–Crippen MR) is 92.6 cm³/mol. The fraction of sp³-hybridized carbons (Fsp3) is 0.444. The Labute approximate surface area is 150 Å². The molecule has 1 aromatic carbocycles. The number of fused-ring (bicyclic) bond motifs is 1. The molecule has 2 N–H and O–H groups in total. The van der Waals surface area contributed by atoms with E-state index >= 15 is 0 Å². The highest BCUT2D eigenvalue weighted by Crippen LogP contribution is 2.48. The average molecular weight is 355 g/mol. The quantitative estimate of drug-likeness (QED) is 0.869. The van der Waals surface area contributed by atoms with Crippen LogP contribution in [-0.2, 0) is 11.3 Å². The van der Waals surface area contributed by atoms with Gasteiger partial charge in [-0.15, -0.1) is 5.10 Å². The Hall–Kier alpha value is -2.90. The summed E-state index contributed by atoms with van der Waals surface area (Å²) in [5, 5.41) is 16.8. The molecule has 1 saturated heterocycles. The smallest absolute Gasteiger partial charge is 0.317 e. The highest BCUT2D eigenvalue weighted by Gasteiger charge is 2.55. The Balaban J connectivity index is 1.37. The van der Waals surface area contributed by atoms with E-state index in [1.807, 2.05) is 30.3 Å².